The molecule has 7 heteroatoms. The van der Waals surface area contributed by atoms with Crippen LogP contribution >= 0.6 is 0 Å². The maximum absolute atomic E-state index is 12.5. The summed E-state index contributed by atoms with van der Waals surface area (Å²) in [5.74, 6) is 2.09. The number of ether oxygens (including phenoxy) is 1. The molecule has 2 saturated heterocycles. The fraction of sp³-hybridized carbons (Fsp3) is 0.833. The Morgan fingerprint density at radius 2 is 1.96 bits per heavy atom. The summed E-state index contributed by atoms with van der Waals surface area (Å²) < 4.78 is 7.39. The number of nitrogens with zero attached hydrogens (tertiary/aromatic N) is 3. The number of aromatic amines is 1. The van der Waals surface area contributed by atoms with E-state index in [1.807, 2.05) is 4.90 Å². The van der Waals surface area contributed by atoms with E-state index in [4.69, 9.17) is 4.74 Å². The van der Waals surface area contributed by atoms with Gasteiger partial charge in [0, 0.05) is 25.6 Å². The van der Waals surface area contributed by atoms with Crippen molar-refractivity contribution in [3.8, 4) is 0 Å². The summed E-state index contributed by atoms with van der Waals surface area (Å²) in [4.78, 5) is 29.5. The Balaban J connectivity index is 1.29. The van der Waals surface area contributed by atoms with Crippen LogP contribution in [0.2, 0.25) is 0 Å². The maximum Gasteiger partial charge on any atom is 0.343 e. The maximum atomic E-state index is 12.5. The molecule has 3 aliphatic rings. The van der Waals surface area contributed by atoms with Crippen molar-refractivity contribution >= 4 is 5.91 Å². The first-order valence-electron chi connectivity index (χ1n) is 9.68. The second kappa shape index (κ2) is 6.94. The van der Waals surface area contributed by atoms with Crippen LogP contribution in [0.5, 0.6) is 0 Å². The highest BCUT2D eigenvalue weighted by Gasteiger charge is 2.31. The molecule has 1 aliphatic carbocycles. The Labute approximate surface area is 147 Å². The fourth-order valence-electron chi connectivity index (χ4n) is 3.92. The molecular weight excluding hydrogens is 320 g/mol. The summed E-state index contributed by atoms with van der Waals surface area (Å²) >= 11 is 0. The number of nitrogens with one attached hydrogen (secondary N) is 1. The molecule has 4 rings (SSSR count). The summed E-state index contributed by atoms with van der Waals surface area (Å²) in [7, 11) is 0. The first-order chi connectivity index (χ1) is 12.1. The van der Waals surface area contributed by atoms with E-state index in [2.05, 4.69) is 17.0 Å². The van der Waals surface area contributed by atoms with Crippen LogP contribution in [0.4, 0.5) is 0 Å². The standard InChI is InChI=1S/C18H28N4O3/c1-12-2-5-15(25-11-12)10-16(23)21-8-6-14(7-9-21)22-18(24)19-17(20-22)13-3-4-13/h12-15H,2-11H2,1H3,(H,19,20,24)/t12-,15+/m1/s1. The summed E-state index contributed by atoms with van der Waals surface area (Å²) in [6.07, 6.45) is 6.54. The average Bonchev–Trinajstić information content (AvgIpc) is 3.40. The van der Waals surface area contributed by atoms with Gasteiger partial charge in [-0.2, -0.15) is 5.10 Å². The minimum absolute atomic E-state index is 0.0801. The molecule has 1 N–H and O–H groups in total. The third kappa shape index (κ3) is 3.81. The summed E-state index contributed by atoms with van der Waals surface area (Å²) in [6, 6.07) is 0.104. The molecule has 0 spiro atoms. The van der Waals surface area contributed by atoms with Crippen molar-refractivity contribution in [2.75, 3.05) is 19.7 Å². The summed E-state index contributed by atoms with van der Waals surface area (Å²) in [5, 5.41) is 4.49. The number of rotatable bonds is 4. The van der Waals surface area contributed by atoms with Crippen LogP contribution in [0.15, 0.2) is 4.79 Å². The molecule has 1 saturated carbocycles. The molecule has 3 heterocycles. The van der Waals surface area contributed by atoms with Crippen LogP contribution in [0.3, 0.4) is 0 Å². The van der Waals surface area contributed by atoms with Crippen molar-refractivity contribution in [2.45, 2.75) is 69.9 Å². The Kier molecular flexibility index (Phi) is 4.67. The van der Waals surface area contributed by atoms with E-state index in [9.17, 15) is 9.59 Å². The van der Waals surface area contributed by atoms with Crippen molar-refractivity contribution in [3.63, 3.8) is 0 Å². The molecular formula is C18H28N4O3. The molecule has 0 unspecified atom stereocenters. The van der Waals surface area contributed by atoms with Gasteiger partial charge in [0.05, 0.1) is 18.6 Å². The van der Waals surface area contributed by atoms with Gasteiger partial charge in [-0.15, -0.1) is 0 Å². The monoisotopic (exact) mass is 348 g/mol. The lowest BCUT2D eigenvalue weighted by molar-refractivity contribution is -0.137. The Hall–Kier alpha value is -1.63. The topological polar surface area (TPSA) is 80.2 Å². The number of hydrogen-bond acceptors (Lipinski definition) is 4. The lowest BCUT2D eigenvalue weighted by Crippen LogP contribution is -2.42. The Morgan fingerprint density at radius 3 is 2.60 bits per heavy atom. The number of amides is 1. The molecule has 7 nitrogen and oxygen atoms in total. The number of hydrogen-bond donors (Lipinski definition) is 1. The first-order valence-corrected chi connectivity index (χ1v) is 9.68. The second-order valence-corrected chi connectivity index (χ2v) is 7.99. The molecule has 1 aromatic heterocycles. The van der Waals surface area contributed by atoms with Gasteiger partial charge in [-0.25, -0.2) is 9.48 Å². The molecule has 0 bridgehead atoms. The van der Waals surface area contributed by atoms with Gasteiger partial charge < -0.3 is 9.64 Å². The van der Waals surface area contributed by atoms with E-state index in [-0.39, 0.29) is 23.7 Å². The molecule has 0 radical (unpaired) electrons. The third-order valence-corrected chi connectivity index (χ3v) is 5.79. The number of carbonyl (C=O) groups excluding carboxylic acids is 1. The van der Waals surface area contributed by atoms with Crippen molar-refractivity contribution < 1.29 is 9.53 Å². The highest BCUT2D eigenvalue weighted by Crippen LogP contribution is 2.37. The van der Waals surface area contributed by atoms with E-state index in [0.717, 1.165) is 51.0 Å². The highest BCUT2D eigenvalue weighted by atomic mass is 16.5. The van der Waals surface area contributed by atoms with Gasteiger partial charge in [-0.05, 0) is 44.4 Å². The van der Waals surface area contributed by atoms with Crippen LogP contribution in [0, 0.1) is 5.92 Å². The van der Waals surface area contributed by atoms with Crippen LogP contribution in [0.25, 0.3) is 0 Å². The zero-order valence-corrected chi connectivity index (χ0v) is 14.9. The Bertz CT molecular complexity index is 662. The molecule has 138 valence electrons. The predicted molar refractivity (Wildman–Crippen MR) is 92.4 cm³/mol. The van der Waals surface area contributed by atoms with Crippen LogP contribution < -0.4 is 5.69 Å². The van der Waals surface area contributed by atoms with Gasteiger partial charge in [0.15, 0.2) is 0 Å². The van der Waals surface area contributed by atoms with Crippen LogP contribution in [-0.4, -0.2) is 51.4 Å². The average molecular weight is 348 g/mol. The first kappa shape index (κ1) is 16.8. The number of carbonyl (C=O) groups is 1. The van der Waals surface area contributed by atoms with Crippen molar-refractivity contribution in [1.82, 2.24) is 19.7 Å². The second-order valence-electron chi connectivity index (χ2n) is 7.99. The highest BCUT2D eigenvalue weighted by molar-refractivity contribution is 5.76. The molecule has 2 aliphatic heterocycles. The van der Waals surface area contributed by atoms with Gasteiger partial charge in [-0.3, -0.25) is 9.78 Å². The molecule has 3 fully saturated rings. The molecule has 1 amide bonds. The predicted octanol–water partition coefficient (Wildman–Crippen LogP) is 1.82. The SMILES string of the molecule is C[C@@H]1CC[C@@H](CC(=O)N2CCC(n3nc(C4CC4)[nH]c3=O)CC2)OC1. The summed E-state index contributed by atoms with van der Waals surface area (Å²) in [5.41, 5.74) is -0.101. The lowest BCUT2D eigenvalue weighted by Gasteiger charge is -2.33. The van der Waals surface area contributed by atoms with Gasteiger partial charge in [0.25, 0.3) is 0 Å². The fourth-order valence-corrected chi connectivity index (χ4v) is 3.92. The van der Waals surface area contributed by atoms with Gasteiger partial charge in [-0.1, -0.05) is 6.92 Å². The molecule has 1 aromatic rings. The van der Waals surface area contributed by atoms with E-state index in [1.54, 1.807) is 4.68 Å². The Morgan fingerprint density at radius 1 is 1.20 bits per heavy atom. The number of likely N-dealkylation sites (tertiary alicyclic amines) is 1. The van der Waals surface area contributed by atoms with Gasteiger partial charge in [0.1, 0.15) is 5.82 Å². The quantitative estimate of drug-likeness (QED) is 0.900. The number of aromatic nitrogens is 3. The molecule has 25 heavy (non-hydrogen) atoms. The van der Waals surface area contributed by atoms with Crippen molar-refractivity contribution in [1.29, 1.82) is 0 Å². The van der Waals surface area contributed by atoms with E-state index < -0.39 is 0 Å². The zero-order chi connectivity index (χ0) is 17.4. The lowest BCUT2D eigenvalue weighted by atomic mass is 9.98. The van der Waals surface area contributed by atoms with Gasteiger partial charge >= 0.3 is 5.69 Å². The minimum Gasteiger partial charge on any atom is -0.377 e. The third-order valence-electron chi connectivity index (χ3n) is 5.79. The number of H-pyrrole nitrogens is 1. The zero-order valence-electron chi connectivity index (χ0n) is 14.9. The normalized spacial score (nSPS) is 28.3. The number of piperidine rings is 1. The van der Waals surface area contributed by atoms with Crippen molar-refractivity contribution in [2.24, 2.45) is 5.92 Å². The van der Waals surface area contributed by atoms with Crippen LogP contribution in [0.1, 0.15) is 69.7 Å². The summed E-state index contributed by atoms with van der Waals surface area (Å²) in [6.45, 7) is 4.36. The van der Waals surface area contributed by atoms with E-state index in [0.29, 0.717) is 31.3 Å². The van der Waals surface area contributed by atoms with Gasteiger partial charge in [0.2, 0.25) is 5.91 Å². The molecule has 0 aromatic carbocycles. The van der Waals surface area contributed by atoms with Crippen molar-refractivity contribution in [3.05, 3.63) is 16.3 Å². The largest absolute Gasteiger partial charge is 0.377 e. The van der Waals surface area contributed by atoms with E-state index in [1.165, 1.54) is 0 Å². The van der Waals surface area contributed by atoms with E-state index >= 15 is 0 Å². The molecule has 2 atom stereocenters. The smallest absolute Gasteiger partial charge is 0.343 e. The minimum atomic E-state index is -0.101. The van der Waals surface area contributed by atoms with Crippen LogP contribution in [-0.2, 0) is 9.53 Å².